The van der Waals surface area contributed by atoms with Crippen LogP contribution in [0.5, 0.6) is 0 Å². The SMILES string of the molecule is O=C1[C@H]2CCC[C@@H]1[C@H]1CC[C@@H]2C12CC2. The van der Waals surface area contributed by atoms with E-state index in [1.165, 1.54) is 44.9 Å². The average molecular weight is 190 g/mol. The van der Waals surface area contributed by atoms with Crippen molar-refractivity contribution >= 4 is 5.78 Å². The maximum absolute atomic E-state index is 12.2. The zero-order valence-corrected chi connectivity index (χ0v) is 8.67. The van der Waals surface area contributed by atoms with E-state index < -0.39 is 0 Å². The number of rotatable bonds is 0. The smallest absolute Gasteiger partial charge is 0.139 e. The predicted molar refractivity (Wildman–Crippen MR) is 53.7 cm³/mol. The van der Waals surface area contributed by atoms with Crippen LogP contribution in [0.25, 0.3) is 0 Å². The summed E-state index contributed by atoms with van der Waals surface area (Å²) in [5.74, 6) is 3.36. The summed E-state index contributed by atoms with van der Waals surface area (Å²) in [6, 6.07) is 0. The highest BCUT2D eigenvalue weighted by atomic mass is 16.1. The lowest BCUT2D eigenvalue weighted by atomic mass is 9.59. The number of ketones is 1. The second kappa shape index (κ2) is 2.25. The largest absolute Gasteiger partial charge is 0.299 e. The number of carbonyl (C=O) groups excluding carboxylic acids is 1. The first-order chi connectivity index (χ1) is 6.83. The number of carbonyl (C=O) groups is 1. The van der Waals surface area contributed by atoms with Crippen molar-refractivity contribution in [2.75, 3.05) is 0 Å². The Bertz CT molecular complexity index is 278. The molecule has 1 nitrogen and oxygen atoms in total. The van der Waals surface area contributed by atoms with Crippen LogP contribution in [0.1, 0.15) is 44.9 Å². The van der Waals surface area contributed by atoms with Gasteiger partial charge in [0.2, 0.25) is 0 Å². The summed E-state index contributed by atoms with van der Waals surface area (Å²) in [4.78, 5) is 12.2. The van der Waals surface area contributed by atoms with E-state index in [4.69, 9.17) is 0 Å². The van der Waals surface area contributed by atoms with Crippen molar-refractivity contribution in [1.29, 1.82) is 0 Å². The fraction of sp³-hybridized carbons (Fsp3) is 0.923. The molecule has 0 aromatic heterocycles. The molecule has 0 N–H and O–H groups in total. The lowest BCUT2D eigenvalue weighted by molar-refractivity contribution is -0.139. The van der Waals surface area contributed by atoms with Gasteiger partial charge < -0.3 is 0 Å². The second-order valence-corrected chi connectivity index (χ2v) is 6.07. The van der Waals surface area contributed by atoms with Crippen LogP contribution in [-0.2, 0) is 4.79 Å². The minimum Gasteiger partial charge on any atom is -0.299 e. The highest BCUT2D eigenvalue weighted by molar-refractivity contribution is 5.86. The number of hydrogen-bond donors (Lipinski definition) is 0. The lowest BCUT2D eigenvalue weighted by Gasteiger charge is -2.44. The summed E-state index contributed by atoms with van der Waals surface area (Å²) in [5.41, 5.74) is 0.712. The van der Waals surface area contributed by atoms with Crippen LogP contribution in [0.2, 0.25) is 0 Å². The molecule has 4 aliphatic carbocycles. The van der Waals surface area contributed by atoms with Crippen molar-refractivity contribution in [2.45, 2.75) is 44.9 Å². The van der Waals surface area contributed by atoms with Gasteiger partial charge in [0.15, 0.2) is 0 Å². The van der Waals surface area contributed by atoms with Crippen LogP contribution in [0.15, 0.2) is 0 Å². The number of fused-ring (bicyclic) bond motifs is 4. The van der Waals surface area contributed by atoms with Gasteiger partial charge in [-0.3, -0.25) is 4.79 Å². The second-order valence-electron chi connectivity index (χ2n) is 6.07. The first-order valence-electron chi connectivity index (χ1n) is 6.37. The molecule has 1 spiro atoms. The van der Waals surface area contributed by atoms with Gasteiger partial charge >= 0.3 is 0 Å². The summed E-state index contributed by atoms with van der Waals surface area (Å²) >= 11 is 0. The van der Waals surface area contributed by atoms with Crippen molar-refractivity contribution in [3.05, 3.63) is 0 Å². The van der Waals surface area contributed by atoms with Crippen molar-refractivity contribution in [3.8, 4) is 0 Å². The minimum atomic E-state index is 0.509. The Balaban J connectivity index is 1.83. The first-order valence-corrected chi connectivity index (χ1v) is 6.37. The molecule has 14 heavy (non-hydrogen) atoms. The summed E-state index contributed by atoms with van der Waals surface area (Å²) < 4.78 is 0. The van der Waals surface area contributed by atoms with E-state index in [2.05, 4.69) is 0 Å². The molecule has 0 saturated heterocycles. The standard InChI is InChI=1S/C13H18O/c14-12-8-2-1-3-9(12)11-5-4-10(8)13(11)6-7-13/h8-11H,1-7H2/t8-,9+,10-,11+. The normalized spacial score (nSPS) is 52.4. The first kappa shape index (κ1) is 7.90. The molecule has 0 aromatic carbocycles. The van der Waals surface area contributed by atoms with E-state index in [-0.39, 0.29) is 0 Å². The molecular formula is C13H18O. The van der Waals surface area contributed by atoms with Crippen molar-refractivity contribution in [3.63, 3.8) is 0 Å². The Morgan fingerprint density at radius 2 is 1.50 bits per heavy atom. The van der Waals surface area contributed by atoms with Gasteiger partial charge in [0.25, 0.3) is 0 Å². The Morgan fingerprint density at radius 1 is 0.929 bits per heavy atom. The monoisotopic (exact) mass is 190 g/mol. The van der Waals surface area contributed by atoms with Crippen LogP contribution in [-0.4, -0.2) is 5.78 Å². The molecule has 1 heteroatoms. The lowest BCUT2D eigenvalue weighted by Crippen LogP contribution is -2.45. The summed E-state index contributed by atoms with van der Waals surface area (Å²) in [5, 5.41) is 0. The molecule has 4 saturated carbocycles. The molecule has 4 aliphatic rings. The summed E-state index contributed by atoms with van der Waals surface area (Å²) in [6.45, 7) is 0. The maximum atomic E-state index is 12.2. The third-order valence-corrected chi connectivity index (χ3v) is 5.83. The molecule has 0 radical (unpaired) electrons. The molecule has 0 amide bonds. The van der Waals surface area contributed by atoms with Crippen LogP contribution >= 0.6 is 0 Å². The van der Waals surface area contributed by atoms with Gasteiger partial charge in [-0.15, -0.1) is 0 Å². The highest BCUT2D eigenvalue weighted by Crippen LogP contribution is 2.72. The molecule has 4 fully saturated rings. The molecule has 0 heterocycles. The topological polar surface area (TPSA) is 17.1 Å². The van der Waals surface area contributed by atoms with Gasteiger partial charge in [-0.05, 0) is 55.8 Å². The van der Waals surface area contributed by atoms with Gasteiger partial charge in [0.1, 0.15) is 5.78 Å². The predicted octanol–water partition coefficient (Wildman–Crippen LogP) is 2.79. The number of hydrogen-bond acceptors (Lipinski definition) is 1. The van der Waals surface area contributed by atoms with E-state index in [9.17, 15) is 4.79 Å². The average Bonchev–Trinajstić information content (AvgIpc) is 2.84. The fourth-order valence-electron chi connectivity index (χ4n) is 5.21. The zero-order valence-electron chi connectivity index (χ0n) is 8.67. The third kappa shape index (κ3) is 0.697. The molecule has 4 bridgehead atoms. The maximum Gasteiger partial charge on any atom is 0.139 e. The molecule has 0 unspecified atom stereocenters. The minimum absolute atomic E-state index is 0.509. The van der Waals surface area contributed by atoms with E-state index in [0.717, 1.165) is 11.8 Å². The van der Waals surface area contributed by atoms with Crippen molar-refractivity contribution < 1.29 is 4.79 Å². The quantitative estimate of drug-likeness (QED) is 0.574. The van der Waals surface area contributed by atoms with Gasteiger partial charge in [0, 0.05) is 11.8 Å². The molecule has 4 atom stereocenters. The Kier molecular flexibility index (Phi) is 1.27. The van der Waals surface area contributed by atoms with Crippen LogP contribution in [0.3, 0.4) is 0 Å². The van der Waals surface area contributed by atoms with E-state index >= 15 is 0 Å². The zero-order chi connectivity index (χ0) is 9.34. The summed E-state index contributed by atoms with van der Waals surface area (Å²) in [6.07, 6.45) is 9.49. The Labute approximate surface area is 85.3 Å². The highest BCUT2D eigenvalue weighted by Gasteiger charge is 2.67. The van der Waals surface area contributed by atoms with Crippen molar-refractivity contribution in [1.82, 2.24) is 0 Å². The third-order valence-electron chi connectivity index (χ3n) is 5.83. The Morgan fingerprint density at radius 3 is 2.00 bits per heavy atom. The van der Waals surface area contributed by atoms with E-state index in [1.54, 1.807) is 0 Å². The van der Waals surface area contributed by atoms with Crippen molar-refractivity contribution in [2.24, 2.45) is 29.1 Å². The fourth-order valence-corrected chi connectivity index (χ4v) is 5.21. The van der Waals surface area contributed by atoms with Crippen LogP contribution in [0, 0.1) is 29.1 Å². The van der Waals surface area contributed by atoms with Gasteiger partial charge in [-0.2, -0.15) is 0 Å². The molecular weight excluding hydrogens is 172 g/mol. The van der Waals surface area contributed by atoms with Gasteiger partial charge in [-0.25, -0.2) is 0 Å². The molecule has 0 aliphatic heterocycles. The Hall–Kier alpha value is -0.330. The summed E-state index contributed by atoms with van der Waals surface area (Å²) in [7, 11) is 0. The molecule has 0 aromatic rings. The van der Waals surface area contributed by atoms with E-state index in [1.807, 2.05) is 0 Å². The molecule has 76 valence electrons. The molecule has 4 rings (SSSR count). The van der Waals surface area contributed by atoms with E-state index in [0.29, 0.717) is 23.0 Å². The van der Waals surface area contributed by atoms with Crippen LogP contribution < -0.4 is 0 Å². The van der Waals surface area contributed by atoms with Gasteiger partial charge in [-0.1, -0.05) is 6.42 Å². The van der Waals surface area contributed by atoms with Gasteiger partial charge in [0.05, 0.1) is 0 Å². The van der Waals surface area contributed by atoms with Crippen LogP contribution in [0.4, 0.5) is 0 Å². The number of Topliss-reactive ketones (excluding diaryl/α,β-unsaturated/α-hetero) is 1.